The average molecular weight is 331 g/mol. The van der Waals surface area contributed by atoms with E-state index in [1.54, 1.807) is 0 Å². The summed E-state index contributed by atoms with van der Waals surface area (Å²) in [5.41, 5.74) is 1.23. The normalized spacial score (nSPS) is 26.0. The number of likely N-dealkylation sites (tertiary alicyclic amines) is 1. The van der Waals surface area contributed by atoms with Crippen molar-refractivity contribution in [3.05, 3.63) is 29.4 Å². The van der Waals surface area contributed by atoms with E-state index in [0.717, 1.165) is 18.4 Å². The van der Waals surface area contributed by atoms with Gasteiger partial charge in [0.25, 0.3) is 0 Å². The first kappa shape index (κ1) is 15.4. The Kier molecular flexibility index (Phi) is 4.51. The van der Waals surface area contributed by atoms with Gasteiger partial charge in [0.2, 0.25) is 0 Å². The molecule has 5 heteroatoms. The molecular formula is C18H26N4S. The minimum absolute atomic E-state index is 0.900. The summed E-state index contributed by atoms with van der Waals surface area (Å²) in [7, 11) is 1.98. The average Bonchev–Trinajstić information content (AvgIpc) is 3.28. The lowest BCUT2D eigenvalue weighted by Gasteiger charge is -2.35. The summed E-state index contributed by atoms with van der Waals surface area (Å²) in [6, 6.07) is 4.55. The third-order valence-electron chi connectivity index (χ3n) is 5.34. The molecule has 0 bridgehead atoms. The van der Waals surface area contributed by atoms with Crippen molar-refractivity contribution in [2.75, 3.05) is 26.2 Å². The number of rotatable bonds is 4. The minimum atomic E-state index is 0.900. The van der Waals surface area contributed by atoms with E-state index >= 15 is 0 Å². The highest BCUT2D eigenvalue weighted by Gasteiger charge is 2.29. The summed E-state index contributed by atoms with van der Waals surface area (Å²) < 4.78 is 1.87. The fraction of sp³-hybridized carbons (Fsp3) is 0.611. The molecule has 0 radical (unpaired) electrons. The van der Waals surface area contributed by atoms with Crippen molar-refractivity contribution < 1.29 is 0 Å². The summed E-state index contributed by atoms with van der Waals surface area (Å²) >= 11 is 1.92. The molecule has 0 spiro atoms. The van der Waals surface area contributed by atoms with Gasteiger partial charge in [-0.3, -0.25) is 9.58 Å². The van der Waals surface area contributed by atoms with Gasteiger partial charge in [0.1, 0.15) is 0 Å². The molecule has 2 unspecified atom stereocenters. The van der Waals surface area contributed by atoms with Crippen LogP contribution in [0.25, 0.3) is 10.4 Å². The lowest BCUT2D eigenvalue weighted by Crippen LogP contribution is -2.38. The Balaban J connectivity index is 1.38. The highest BCUT2D eigenvalue weighted by Crippen LogP contribution is 2.31. The van der Waals surface area contributed by atoms with E-state index in [1.807, 2.05) is 29.3 Å². The van der Waals surface area contributed by atoms with Gasteiger partial charge in [0, 0.05) is 41.7 Å². The van der Waals surface area contributed by atoms with E-state index in [-0.39, 0.29) is 0 Å². The molecule has 4 rings (SSSR count). The van der Waals surface area contributed by atoms with E-state index in [0.29, 0.717) is 0 Å². The Morgan fingerprint density at radius 2 is 2.26 bits per heavy atom. The van der Waals surface area contributed by atoms with Gasteiger partial charge < -0.3 is 5.32 Å². The summed E-state index contributed by atoms with van der Waals surface area (Å²) in [5.74, 6) is 1.81. The van der Waals surface area contributed by atoms with Crippen molar-refractivity contribution in [1.82, 2.24) is 20.0 Å². The Hall–Kier alpha value is -1.17. The van der Waals surface area contributed by atoms with E-state index in [4.69, 9.17) is 0 Å². The van der Waals surface area contributed by atoms with Crippen molar-refractivity contribution in [2.24, 2.45) is 18.9 Å². The lowest BCUT2D eigenvalue weighted by atomic mass is 9.85. The quantitative estimate of drug-likeness (QED) is 0.935. The number of aromatic nitrogens is 2. The summed E-state index contributed by atoms with van der Waals surface area (Å²) in [4.78, 5) is 5.49. The van der Waals surface area contributed by atoms with E-state index < -0.39 is 0 Å². The molecule has 1 N–H and O–H groups in total. The topological polar surface area (TPSA) is 33.1 Å². The molecule has 124 valence electrons. The number of aryl methyl sites for hydroxylation is 1. The van der Waals surface area contributed by atoms with E-state index in [1.165, 1.54) is 60.8 Å². The van der Waals surface area contributed by atoms with Crippen LogP contribution in [0.4, 0.5) is 0 Å². The second-order valence-electron chi connectivity index (χ2n) is 7.06. The Bertz CT molecular complexity index is 641. The number of piperidine rings is 1. The molecule has 2 aliphatic heterocycles. The van der Waals surface area contributed by atoms with Crippen molar-refractivity contribution >= 4 is 11.3 Å². The van der Waals surface area contributed by atoms with Crippen molar-refractivity contribution in [3.8, 4) is 10.4 Å². The van der Waals surface area contributed by atoms with Gasteiger partial charge in [-0.2, -0.15) is 5.10 Å². The molecule has 2 aliphatic rings. The largest absolute Gasteiger partial charge is 0.316 e. The van der Waals surface area contributed by atoms with Gasteiger partial charge in [-0.05, 0) is 62.9 Å². The molecule has 0 saturated carbocycles. The third kappa shape index (κ3) is 3.52. The van der Waals surface area contributed by atoms with Crippen molar-refractivity contribution in [2.45, 2.75) is 25.8 Å². The molecule has 23 heavy (non-hydrogen) atoms. The summed E-state index contributed by atoms with van der Waals surface area (Å²) in [6.07, 6.45) is 8.22. The number of nitrogens with zero attached hydrogens (tertiary/aromatic N) is 3. The molecule has 2 saturated heterocycles. The van der Waals surface area contributed by atoms with Gasteiger partial charge >= 0.3 is 0 Å². The molecule has 2 aromatic rings. The molecule has 0 amide bonds. The van der Waals surface area contributed by atoms with Crippen LogP contribution in [0.3, 0.4) is 0 Å². The van der Waals surface area contributed by atoms with E-state index in [2.05, 4.69) is 33.6 Å². The Labute approximate surface area is 142 Å². The molecule has 0 aliphatic carbocycles. The fourth-order valence-electron chi connectivity index (χ4n) is 4.09. The number of hydrogen-bond donors (Lipinski definition) is 1. The predicted octanol–water partition coefficient (Wildman–Crippen LogP) is 2.97. The highest BCUT2D eigenvalue weighted by molar-refractivity contribution is 7.15. The van der Waals surface area contributed by atoms with Gasteiger partial charge in [-0.25, -0.2) is 0 Å². The van der Waals surface area contributed by atoms with Crippen LogP contribution >= 0.6 is 11.3 Å². The van der Waals surface area contributed by atoms with Crippen LogP contribution in [0.2, 0.25) is 0 Å². The van der Waals surface area contributed by atoms with Crippen LogP contribution in [0.5, 0.6) is 0 Å². The standard InChI is InChI=1S/C18H26N4S/c1-21-11-16(10-20-21)18-5-4-17(23-18)13-22-8-2-3-15(12-22)14-6-7-19-9-14/h4-5,10-11,14-15,19H,2-3,6-9,12-13H2,1H3. The molecular weight excluding hydrogens is 304 g/mol. The van der Waals surface area contributed by atoms with Crippen molar-refractivity contribution in [1.29, 1.82) is 0 Å². The van der Waals surface area contributed by atoms with Crippen LogP contribution in [-0.2, 0) is 13.6 Å². The van der Waals surface area contributed by atoms with Crippen LogP contribution in [0, 0.1) is 11.8 Å². The maximum Gasteiger partial charge on any atom is 0.0576 e. The first-order valence-electron chi connectivity index (χ1n) is 8.79. The second kappa shape index (κ2) is 6.75. The summed E-state index contributed by atoms with van der Waals surface area (Å²) in [5, 5.41) is 7.81. The SMILES string of the molecule is Cn1cc(-c2ccc(CN3CCCC(C4CCNC4)C3)s2)cn1. The maximum absolute atomic E-state index is 4.28. The van der Waals surface area contributed by atoms with Gasteiger partial charge in [0.15, 0.2) is 0 Å². The zero-order valence-corrected chi connectivity index (χ0v) is 14.7. The molecule has 4 nitrogen and oxygen atoms in total. The monoisotopic (exact) mass is 330 g/mol. The number of thiophene rings is 1. The van der Waals surface area contributed by atoms with Crippen LogP contribution in [0.1, 0.15) is 24.1 Å². The Morgan fingerprint density at radius 3 is 3.04 bits per heavy atom. The molecule has 4 heterocycles. The second-order valence-corrected chi connectivity index (χ2v) is 8.23. The van der Waals surface area contributed by atoms with E-state index in [9.17, 15) is 0 Å². The number of hydrogen-bond acceptors (Lipinski definition) is 4. The van der Waals surface area contributed by atoms with Gasteiger partial charge in [0.05, 0.1) is 6.20 Å². The predicted molar refractivity (Wildman–Crippen MR) is 95.5 cm³/mol. The Morgan fingerprint density at radius 1 is 1.30 bits per heavy atom. The molecule has 0 aromatic carbocycles. The van der Waals surface area contributed by atoms with Crippen molar-refractivity contribution in [3.63, 3.8) is 0 Å². The van der Waals surface area contributed by atoms with Gasteiger partial charge in [-0.1, -0.05) is 0 Å². The third-order valence-corrected chi connectivity index (χ3v) is 6.46. The maximum atomic E-state index is 4.28. The van der Waals surface area contributed by atoms with Crippen LogP contribution in [0.15, 0.2) is 24.5 Å². The van der Waals surface area contributed by atoms with Crippen LogP contribution < -0.4 is 5.32 Å². The minimum Gasteiger partial charge on any atom is -0.316 e. The summed E-state index contributed by atoms with van der Waals surface area (Å²) in [6.45, 7) is 6.12. The zero-order chi connectivity index (χ0) is 15.6. The smallest absolute Gasteiger partial charge is 0.0576 e. The first-order chi connectivity index (χ1) is 11.3. The number of nitrogens with one attached hydrogen (secondary N) is 1. The highest BCUT2D eigenvalue weighted by atomic mass is 32.1. The lowest BCUT2D eigenvalue weighted by molar-refractivity contribution is 0.135. The van der Waals surface area contributed by atoms with Crippen LogP contribution in [-0.4, -0.2) is 40.9 Å². The first-order valence-corrected chi connectivity index (χ1v) is 9.60. The fourth-order valence-corrected chi connectivity index (χ4v) is 5.11. The zero-order valence-electron chi connectivity index (χ0n) is 13.9. The molecule has 2 atom stereocenters. The molecule has 2 fully saturated rings. The van der Waals surface area contributed by atoms with Gasteiger partial charge in [-0.15, -0.1) is 11.3 Å². The molecule has 2 aromatic heterocycles.